The average molecular weight is 251 g/mol. The maximum atomic E-state index is 12.0. The van der Waals surface area contributed by atoms with Gasteiger partial charge in [-0.3, -0.25) is 9.78 Å². The van der Waals surface area contributed by atoms with Crippen LogP contribution in [0.15, 0.2) is 18.3 Å². The van der Waals surface area contributed by atoms with Gasteiger partial charge in [0, 0.05) is 19.9 Å². The number of methoxy groups -OCH3 is 1. The van der Waals surface area contributed by atoms with E-state index in [2.05, 4.69) is 10.3 Å². The fourth-order valence-corrected chi connectivity index (χ4v) is 1.50. The van der Waals surface area contributed by atoms with Crippen molar-refractivity contribution in [2.24, 2.45) is 11.7 Å². The second kappa shape index (κ2) is 7.08. The molecule has 1 unspecified atom stereocenters. The minimum absolute atomic E-state index is 0.0153. The Kier molecular flexibility index (Phi) is 5.74. The summed E-state index contributed by atoms with van der Waals surface area (Å²) < 4.78 is 5.09. The number of rotatable bonds is 6. The third kappa shape index (κ3) is 4.09. The molecule has 0 aliphatic heterocycles. The maximum Gasteiger partial charge on any atom is 0.270 e. The Labute approximate surface area is 108 Å². The van der Waals surface area contributed by atoms with E-state index in [9.17, 15) is 4.79 Å². The van der Waals surface area contributed by atoms with Crippen molar-refractivity contribution in [2.75, 3.05) is 13.7 Å². The van der Waals surface area contributed by atoms with Crippen LogP contribution in [-0.2, 0) is 11.3 Å². The third-order valence-electron chi connectivity index (χ3n) is 2.76. The summed E-state index contributed by atoms with van der Waals surface area (Å²) in [4.78, 5) is 16.1. The van der Waals surface area contributed by atoms with Crippen LogP contribution in [-0.4, -0.2) is 30.6 Å². The van der Waals surface area contributed by atoms with Gasteiger partial charge in [-0.1, -0.05) is 19.9 Å². The van der Waals surface area contributed by atoms with Crippen LogP contribution in [0, 0.1) is 5.92 Å². The number of aromatic nitrogens is 1. The number of hydrogen-bond donors (Lipinski definition) is 2. The second-order valence-electron chi connectivity index (χ2n) is 4.54. The molecule has 1 amide bonds. The molecule has 1 aromatic heterocycles. The van der Waals surface area contributed by atoms with Gasteiger partial charge in [0.15, 0.2) is 0 Å². The lowest BCUT2D eigenvalue weighted by Crippen LogP contribution is -2.41. The van der Waals surface area contributed by atoms with Gasteiger partial charge in [-0.05, 0) is 17.5 Å². The molecule has 5 heteroatoms. The van der Waals surface area contributed by atoms with Crippen molar-refractivity contribution in [3.8, 4) is 0 Å². The fraction of sp³-hybridized carbons (Fsp3) is 0.538. The van der Waals surface area contributed by atoms with Gasteiger partial charge in [0.1, 0.15) is 5.69 Å². The molecule has 18 heavy (non-hydrogen) atoms. The molecule has 0 saturated heterocycles. The van der Waals surface area contributed by atoms with Crippen molar-refractivity contribution < 1.29 is 9.53 Å². The highest BCUT2D eigenvalue weighted by atomic mass is 16.5. The molecule has 0 spiro atoms. The molecule has 0 radical (unpaired) electrons. The van der Waals surface area contributed by atoms with Gasteiger partial charge >= 0.3 is 0 Å². The molecule has 0 fully saturated rings. The quantitative estimate of drug-likeness (QED) is 0.789. The molecule has 1 heterocycles. The van der Waals surface area contributed by atoms with Crippen molar-refractivity contribution in [3.05, 3.63) is 29.6 Å². The van der Waals surface area contributed by atoms with Gasteiger partial charge in [-0.2, -0.15) is 0 Å². The van der Waals surface area contributed by atoms with Crippen LogP contribution in [0.25, 0.3) is 0 Å². The molecule has 1 aromatic rings. The van der Waals surface area contributed by atoms with Crippen molar-refractivity contribution >= 4 is 5.91 Å². The van der Waals surface area contributed by atoms with E-state index >= 15 is 0 Å². The number of amides is 1. The summed E-state index contributed by atoms with van der Waals surface area (Å²) in [5, 5.41) is 2.91. The Morgan fingerprint density at radius 2 is 2.22 bits per heavy atom. The summed E-state index contributed by atoms with van der Waals surface area (Å²) in [5.74, 6) is 0.117. The van der Waals surface area contributed by atoms with Crippen molar-refractivity contribution in [1.29, 1.82) is 0 Å². The standard InChI is InChI=1S/C13H21N3O2/c1-9(2)12(8-18-3)16-13(17)11-5-4-10(6-14)7-15-11/h4-5,7,9,12H,6,8,14H2,1-3H3,(H,16,17). The number of carbonyl (C=O) groups excluding carboxylic acids is 1. The second-order valence-corrected chi connectivity index (χ2v) is 4.54. The molecule has 0 aliphatic carbocycles. The van der Waals surface area contributed by atoms with Crippen LogP contribution in [0.3, 0.4) is 0 Å². The zero-order chi connectivity index (χ0) is 13.5. The summed E-state index contributed by atoms with van der Waals surface area (Å²) in [5.41, 5.74) is 6.78. The highest BCUT2D eigenvalue weighted by Crippen LogP contribution is 2.05. The molecule has 0 aromatic carbocycles. The van der Waals surface area contributed by atoms with E-state index in [4.69, 9.17) is 10.5 Å². The molecule has 0 bridgehead atoms. The van der Waals surface area contributed by atoms with Crippen LogP contribution >= 0.6 is 0 Å². The summed E-state index contributed by atoms with van der Waals surface area (Å²) in [7, 11) is 1.62. The summed E-state index contributed by atoms with van der Waals surface area (Å²) in [6.45, 7) is 4.99. The lowest BCUT2D eigenvalue weighted by atomic mass is 10.1. The summed E-state index contributed by atoms with van der Waals surface area (Å²) in [6, 6.07) is 3.48. The number of nitrogens with zero attached hydrogens (tertiary/aromatic N) is 1. The van der Waals surface area contributed by atoms with Gasteiger partial charge in [-0.25, -0.2) is 0 Å². The van der Waals surface area contributed by atoms with Crippen LogP contribution in [0.5, 0.6) is 0 Å². The number of ether oxygens (including phenoxy) is 1. The Morgan fingerprint density at radius 3 is 2.67 bits per heavy atom. The molecule has 100 valence electrons. The van der Waals surface area contributed by atoms with Gasteiger partial charge in [-0.15, -0.1) is 0 Å². The molecule has 0 saturated carbocycles. The van der Waals surface area contributed by atoms with E-state index in [-0.39, 0.29) is 11.9 Å². The largest absolute Gasteiger partial charge is 0.383 e. The smallest absolute Gasteiger partial charge is 0.270 e. The van der Waals surface area contributed by atoms with E-state index in [0.717, 1.165) is 5.56 Å². The molecular formula is C13H21N3O2. The number of carbonyl (C=O) groups is 1. The minimum atomic E-state index is -0.186. The monoisotopic (exact) mass is 251 g/mol. The fourth-order valence-electron chi connectivity index (χ4n) is 1.50. The van der Waals surface area contributed by atoms with Crippen LogP contribution in [0.2, 0.25) is 0 Å². The van der Waals surface area contributed by atoms with E-state index in [1.165, 1.54) is 0 Å². The van der Waals surface area contributed by atoms with Gasteiger partial charge in [0.2, 0.25) is 0 Å². The van der Waals surface area contributed by atoms with Gasteiger partial charge < -0.3 is 15.8 Å². The molecule has 0 aliphatic rings. The van der Waals surface area contributed by atoms with Gasteiger partial charge in [0.05, 0.1) is 12.6 Å². The molecular weight excluding hydrogens is 230 g/mol. The summed E-state index contributed by atoms with van der Waals surface area (Å²) in [6.07, 6.45) is 1.62. The average Bonchev–Trinajstić information content (AvgIpc) is 2.38. The topological polar surface area (TPSA) is 77.2 Å². The predicted octanol–water partition coefficient (Wildman–Crippen LogP) is 0.941. The molecule has 3 N–H and O–H groups in total. The number of hydrogen-bond acceptors (Lipinski definition) is 4. The van der Waals surface area contributed by atoms with Crippen LogP contribution in [0.4, 0.5) is 0 Å². The normalized spacial score (nSPS) is 12.5. The van der Waals surface area contributed by atoms with E-state index in [1.54, 1.807) is 19.4 Å². The van der Waals surface area contributed by atoms with Gasteiger partial charge in [0.25, 0.3) is 5.91 Å². The first-order chi connectivity index (χ1) is 8.58. The Hall–Kier alpha value is -1.46. The van der Waals surface area contributed by atoms with E-state index < -0.39 is 0 Å². The first kappa shape index (κ1) is 14.6. The summed E-state index contributed by atoms with van der Waals surface area (Å²) >= 11 is 0. The lowest BCUT2D eigenvalue weighted by Gasteiger charge is -2.21. The van der Waals surface area contributed by atoms with Crippen LogP contribution in [0.1, 0.15) is 29.9 Å². The maximum absolute atomic E-state index is 12.0. The van der Waals surface area contributed by atoms with E-state index in [0.29, 0.717) is 24.8 Å². The number of nitrogens with two attached hydrogens (primary N) is 1. The Bertz CT molecular complexity index is 376. The lowest BCUT2D eigenvalue weighted by molar-refractivity contribution is 0.0861. The molecule has 5 nitrogen and oxygen atoms in total. The first-order valence-electron chi connectivity index (χ1n) is 6.03. The zero-order valence-corrected chi connectivity index (χ0v) is 11.1. The van der Waals surface area contributed by atoms with Crippen molar-refractivity contribution in [1.82, 2.24) is 10.3 Å². The van der Waals surface area contributed by atoms with Crippen molar-refractivity contribution in [2.45, 2.75) is 26.4 Å². The van der Waals surface area contributed by atoms with Crippen molar-refractivity contribution in [3.63, 3.8) is 0 Å². The highest BCUT2D eigenvalue weighted by molar-refractivity contribution is 5.92. The zero-order valence-electron chi connectivity index (χ0n) is 11.1. The highest BCUT2D eigenvalue weighted by Gasteiger charge is 2.17. The van der Waals surface area contributed by atoms with E-state index in [1.807, 2.05) is 19.9 Å². The number of pyridine rings is 1. The third-order valence-corrected chi connectivity index (χ3v) is 2.76. The molecule has 1 atom stereocenters. The number of nitrogens with one attached hydrogen (secondary N) is 1. The minimum Gasteiger partial charge on any atom is -0.383 e. The Balaban J connectivity index is 2.67. The SMILES string of the molecule is COCC(NC(=O)c1ccc(CN)cn1)C(C)C. The molecule has 1 rings (SSSR count). The predicted molar refractivity (Wildman–Crippen MR) is 70.1 cm³/mol. The van der Waals surface area contributed by atoms with Crippen LogP contribution < -0.4 is 11.1 Å². The first-order valence-corrected chi connectivity index (χ1v) is 6.03. The Morgan fingerprint density at radius 1 is 1.50 bits per heavy atom.